The van der Waals surface area contributed by atoms with E-state index in [4.69, 9.17) is 6.35 Å². The number of imidazole rings is 1. The van der Waals surface area contributed by atoms with Crippen LogP contribution in [-0.2, 0) is 0 Å². The third-order valence-electron chi connectivity index (χ3n) is 7.12. The predicted octanol–water partition coefficient (Wildman–Crippen LogP) is 8.79. The minimum Gasteiger partial charge on any atom is -0.507 e. The van der Waals surface area contributed by atoms with Gasteiger partial charge in [0.2, 0.25) is 0 Å². The monoisotopic (exact) mass is 516 g/mol. The Hall–Kier alpha value is -5.48. The van der Waals surface area contributed by atoms with E-state index in [-0.39, 0.29) is 11.8 Å². The Kier molecular flexibility index (Phi) is 5.63. The molecule has 2 heterocycles. The molecule has 7 aromatic rings. The molecule has 40 heavy (non-hydrogen) atoms. The molecule has 0 fully saturated rings. The van der Waals surface area contributed by atoms with Crippen LogP contribution in [0.2, 0.25) is 0 Å². The third-order valence-corrected chi connectivity index (χ3v) is 7.12. The van der Waals surface area contributed by atoms with Gasteiger partial charge in [0.05, 0.1) is 23.7 Å². The Morgan fingerprint density at radius 2 is 1.32 bits per heavy atom. The van der Waals surface area contributed by atoms with Crippen LogP contribution < -0.4 is 0 Å². The van der Waals surface area contributed by atoms with Gasteiger partial charge in [-0.05, 0) is 65.2 Å². The second-order valence-electron chi connectivity index (χ2n) is 9.60. The Morgan fingerprint density at radius 1 is 0.600 bits per heavy atom. The van der Waals surface area contributed by atoms with Crippen LogP contribution in [0, 0.1) is 0 Å². The number of nitrogens with zero attached hydrogens (tertiary/aromatic N) is 3. The highest BCUT2D eigenvalue weighted by molar-refractivity contribution is 5.96. The van der Waals surface area contributed by atoms with E-state index in [9.17, 15) is 5.11 Å². The van der Waals surface area contributed by atoms with Gasteiger partial charge in [-0.3, -0.25) is 9.55 Å². The molecule has 0 saturated heterocycles. The van der Waals surface area contributed by atoms with Gasteiger partial charge in [-0.15, -0.1) is 0 Å². The highest BCUT2D eigenvalue weighted by Gasteiger charge is 2.19. The lowest BCUT2D eigenvalue weighted by atomic mass is 9.99. The maximum atomic E-state index is 10.8. The molecule has 190 valence electrons. The smallest absolute Gasteiger partial charge is 0.149 e. The van der Waals surface area contributed by atoms with E-state index < -0.39 is 0 Å². The molecule has 0 aliphatic carbocycles. The summed E-state index contributed by atoms with van der Waals surface area (Å²) in [5, 5.41) is 10.8. The summed E-state index contributed by atoms with van der Waals surface area (Å²) in [7, 11) is 0. The fourth-order valence-electron chi connectivity index (χ4n) is 5.21. The number of rotatable bonds is 5. The molecule has 0 aliphatic heterocycles. The third kappa shape index (κ3) is 4.22. The SMILES string of the molecule is [2H]c1ccc(-c2nc3c(-c4cccc(-c5cc(-c6ccccc6)ccn5)c4)cccc3n2-c2ccccc2)c(O)c1. The van der Waals surface area contributed by atoms with Crippen molar-refractivity contribution in [3.63, 3.8) is 0 Å². The molecule has 0 amide bonds. The molecule has 7 rings (SSSR count). The number of phenolic OH excluding ortho intramolecular Hbond substituents is 1. The van der Waals surface area contributed by atoms with Crippen molar-refractivity contribution in [3.8, 4) is 56.3 Å². The van der Waals surface area contributed by atoms with Gasteiger partial charge in [0.25, 0.3) is 0 Å². The zero-order valence-corrected chi connectivity index (χ0v) is 21.6. The highest BCUT2D eigenvalue weighted by atomic mass is 16.3. The number of para-hydroxylation sites is 3. The quantitative estimate of drug-likeness (QED) is 0.249. The van der Waals surface area contributed by atoms with Gasteiger partial charge >= 0.3 is 0 Å². The van der Waals surface area contributed by atoms with Crippen molar-refractivity contribution in [2.75, 3.05) is 0 Å². The highest BCUT2D eigenvalue weighted by Crippen LogP contribution is 2.38. The lowest BCUT2D eigenvalue weighted by Gasteiger charge is -2.11. The van der Waals surface area contributed by atoms with Crippen molar-refractivity contribution in [2.45, 2.75) is 0 Å². The second-order valence-corrected chi connectivity index (χ2v) is 9.60. The fraction of sp³-hybridized carbons (Fsp3) is 0. The summed E-state index contributed by atoms with van der Waals surface area (Å²) >= 11 is 0. The Balaban J connectivity index is 1.40. The van der Waals surface area contributed by atoms with Crippen LogP contribution in [0.1, 0.15) is 1.37 Å². The minimum atomic E-state index is 0.0258. The standard InChI is InChI=1S/C36H25N3O/c40-34-20-8-7-17-31(34)36-38-35-30(18-10-19-33(35)39(36)29-15-5-2-6-16-29)27-13-9-14-28(23-27)32-24-26(21-22-37-32)25-11-3-1-4-12-25/h1-24,40H/i8D. The van der Waals surface area contributed by atoms with Gasteiger partial charge in [0.15, 0.2) is 0 Å². The normalized spacial score (nSPS) is 11.4. The van der Waals surface area contributed by atoms with E-state index in [1.54, 1.807) is 12.1 Å². The van der Waals surface area contributed by atoms with Gasteiger partial charge in [0.1, 0.15) is 11.6 Å². The van der Waals surface area contributed by atoms with E-state index in [2.05, 4.69) is 52.0 Å². The van der Waals surface area contributed by atoms with Crippen molar-refractivity contribution in [1.29, 1.82) is 0 Å². The molecule has 4 nitrogen and oxygen atoms in total. The Bertz CT molecular complexity index is 2020. The lowest BCUT2D eigenvalue weighted by molar-refractivity contribution is 0.477. The molecule has 4 heteroatoms. The van der Waals surface area contributed by atoms with Gasteiger partial charge in [-0.1, -0.05) is 91.0 Å². The van der Waals surface area contributed by atoms with E-state index in [0.29, 0.717) is 11.4 Å². The van der Waals surface area contributed by atoms with Crippen molar-refractivity contribution in [2.24, 2.45) is 0 Å². The molecular weight excluding hydrogens is 490 g/mol. The van der Waals surface area contributed by atoms with Crippen LogP contribution in [0.25, 0.3) is 61.6 Å². The van der Waals surface area contributed by atoms with E-state index in [0.717, 1.165) is 50.2 Å². The van der Waals surface area contributed by atoms with Crippen molar-refractivity contribution in [1.82, 2.24) is 14.5 Å². The maximum absolute atomic E-state index is 10.8. The Morgan fingerprint density at radius 3 is 2.15 bits per heavy atom. The molecule has 0 aliphatic rings. The molecular formula is C36H25N3O. The fourth-order valence-corrected chi connectivity index (χ4v) is 5.21. The van der Waals surface area contributed by atoms with Crippen molar-refractivity contribution in [3.05, 3.63) is 146 Å². The Labute approximate surface area is 233 Å². The first-order valence-electron chi connectivity index (χ1n) is 13.6. The summed E-state index contributed by atoms with van der Waals surface area (Å²) in [6, 6.07) is 44.1. The average molecular weight is 517 g/mol. The summed E-state index contributed by atoms with van der Waals surface area (Å²) in [4.78, 5) is 9.79. The van der Waals surface area contributed by atoms with Crippen LogP contribution in [0.5, 0.6) is 5.75 Å². The van der Waals surface area contributed by atoms with E-state index in [1.165, 1.54) is 6.07 Å². The summed E-state index contributed by atoms with van der Waals surface area (Å²) < 4.78 is 9.99. The molecule has 0 unspecified atom stereocenters. The number of hydrogen-bond acceptors (Lipinski definition) is 3. The number of aromatic hydroxyl groups is 1. The lowest BCUT2D eigenvalue weighted by Crippen LogP contribution is -1.97. The summed E-state index contributed by atoms with van der Waals surface area (Å²) in [5.74, 6) is 0.641. The minimum absolute atomic E-state index is 0.0258. The van der Waals surface area contributed by atoms with Crippen LogP contribution in [0.3, 0.4) is 0 Å². The summed E-state index contributed by atoms with van der Waals surface area (Å²) in [6.45, 7) is 0. The second kappa shape index (κ2) is 10.0. The molecule has 1 N–H and O–H groups in total. The zero-order chi connectivity index (χ0) is 27.8. The summed E-state index contributed by atoms with van der Waals surface area (Å²) in [5.41, 5.74) is 9.45. The summed E-state index contributed by atoms with van der Waals surface area (Å²) in [6.07, 6.45) is 1.85. The molecule has 0 radical (unpaired) electrons. The zero-order valence-electron chi connectivity index (χ0n) is 22.6. The number of pyridine rings is 1. The topological polar surface area (TPSA) is 50.9 Å². The van der Waals surface area contributed by atoms with Crippen LogP contribution in [0.15, 0.2) is 146 Å². The van der Waals surface area contributed by atoms with E-state index in [1.807, 2.05) is 79.0 Å². The largest absolute Gasteiger partial charge is 0.507 e. The molecule has 0 bridgehead atoms. The molecule has 2 aromatic heterocycles. The molecule has 5 aromatic carbocycles. The first-order chi connectivity index (χ1) is 20.2. The van der Waals surface area contributed by atoms with Crippen molar-refractivity contribution >= 4 is 11.0 Å². The molecule has 0 saturated carbocycles. The van der Waals surface area contributed by atoms with Gasteiger partial charge in [-0.2, -0.15) is 0 Å². The maximum Gasteiger partial charge on any atom is 0.149 e. The number of benzene rings is 5. The van der Waals surface area contributed by atoms with Crippen LogP contribution in [-0.4, -0.2) is 19.6 Å². The number of hydrogen-bond donors (Lipinski definition) is 1. The van der Waals surface area contributed by atoms with Crippen LogP contribution in [0.4, 0.5) is 0 Å². The number of phenols is 1. The molecule has 0 spiro atoms. The molecule has 0 atom stereocenters. The number of aromatic nitrogens is 3. The first-order valence-corrected chi connectivity index (χ1v) is 13.1. The van der Waals surface area contributed by atoms with Crippen molar-refractivity contribution < 1.29 is 6.48 Å². The number of fused-ring (bicyclic) bond motifs is 1. The van der Waals surface area contributed by atoms with Gasteiger partial charge < -0.3 is 5.11 Å². The predicted molar refractivity (Wildman–Crippen MR) is 162 cm³/mol. The van der Waals surface area contributed by atoms with E-state index >= 15 is 0 Å². The van der Waals surface area contributed by atoms with Crippen LogP contribution >= 0.6 is 0 Å². The average Bonchev–Trinajstić information content (AvgIpc) is 3.41. The van der Waals surface area contributed by atoms with Gasteiger partial charge in [0, 0.05) is 23.0 Å². The first kappa shape index (κ1) is 22.5. The van der Waals surface area contributed by atoms with Gasteiger partial charge in [-0.25, -0.2) is 4.98 Å².